The molecule has 2 N–H and O–H groups in total. The standard InChI is InChI=1S/C15H19N3O4/c1-10-13(11(2)22-17-10)7-14(20)16-8-12(19)9-18-6-4-3-5-15(18)21/h3-6,12,19H,7-9H2,1-2H3,(H,16,20)/t12-/m1/s1. The van der Waals surface area contributed by atoms with Gasteiger partial charge in [-0.15, -0.1) is 0 Å². The summed E-state index contributed by atoms with van der Waals surface area (Å²) in [6.45, 7) is 3.73. The van der Waals surface area contributed by atoms with Gasteiger partial charge in [0.05, 0.1) is 24.8 Å². The predicted octanol–water partition coefficient (Wildman–Crippen LogP) is 0.173. The minimum atomic E-state index is -0.839. The van der Waals surface area contributed by atoms with Crippen LogP contribution in [0.5, 0.6) is 0 Å². The number of rotatable bonds is 6. The lowest BCUT2D eigenvalue weighted by Crippen LogP contribution is -2.37. The van der Waals surface area contributed by atoms with Crippen LogP contribution in [0.3, 0.4) is 0 Å². The lowest BCUT2D eigenvalue weighted by Gasteiger charge is -2.13. The van der Waals surface area contributed by atoms with E-state index < -0.39 is 6.10 Å². The fourth-order valence-electron chi connectivity index (χ4n) is 2.11. The molecule has 2 heterocycles. The van der Waals surface area contributed by atoms with Crippen molar-refractivity contribution in [2.75, 3.05) is 6.54 Å². The molecule has 0 saturated heterocycles. The SMILES string of the molecule is Cc1noc(C)c1CC(=O)NC[C@@H](O)Cn1ccccc1=O. The van der Waals surface area contributed by atoms with Crippen molar-refractivity contribution in [2.45, 2.75) is 32.9 Å². The van der Waals surface area contributed by atoms with E-state index in [1.807, 2.05) is 0 Å². The highest BCUT2D eigenvalue weighted by molar-refractivity contribution is 5.79. The molecule has 2 aromatic heterocycles. The first-order valence-corrected chi connectivity index (χ1v) is 6.99. The van der Waals surface area contributed by atoms with Crippen molar-refractivity contribution in [3.05, 3.63) is 51.8 Å². The Bertz CT molecular complexity index is 685. The van der Waals surface area contributed by atoms with Crippen LogP contribution in [0, 0.1) is 13.8 Å². The molecule has 0 aliphatic heterocycles. The molecule has 0 unspecified atom stereocenters. The number of carbonyl (C=O) groups excluding carboxylic acids is 1. The zero-order chi connectivity index (χ0) is 16.1. The van der Waals surface area contributed by atoms with Crippen molar-refractivity contribution < 1.29 is 14.4 Å². The molecule has 0 saturated carbocycles. The number of hydrogen-bond donors (Lipinski definition) is 2. The van der Waals surface area contributed by atoms with Gasteiger partial charge in [0.15, 0.2) is 0 Å². The molecule has 0 fully saturated rings. The average Bonchev–Trinajstić information content (AvgIpc) is 2.79. The van der Waals surface area contributed by atoms with Crippen LogP contribution >= 0.6 is 0 Å². The molecule has 1 amide bonds. The number of hydrogen-bond acceptors (Lipinski definition) is 5. The molecule has 0 aromatic carbocycles. The Morgan fingerprint density at radius 3 is 2.86 bits per heavy atom. The van der Waals surface area contributed by atoms with Gasteiger partial charge in [-0.3, -0.25) is 9.59 Å². The monoisotopic (exact) mass is 305 g/mol. The lowest BCUT2D eigenvalue weighted by atomic mass is 10.1. The number of carbonyl (C=O) groups is 1. The van der Waals surface area contributed by atoms with Gasteiger partial charge in [-0.05, 0) is 19.9 Å². The Hall–Kier alpha value is -2.41. The number of aromatic nitrogens is 2. The predicted molar refractivity (Wildman–Crippen MR) is 79.4 cm³/mol. The van der Waals surface area contributed by atoms with E-state index in [0.717, 1.165) is 5.56 Å². The fourth-order valence-corrected chi connectivity index (χ4v) is 2.11. The molecule has 0 spiro atoms. The van der Waals surface area contributed by atoms with Crippen molar-refractivity contribution in [2.24, 2.45) is 0 Å². The summed E-state index contributed by atoms with van der Waals surface area (Å²) in [5.41, 5.74) is 1.25. The molecular formula is C15H19N3O4. The van der Waals surface area contributed by atoms with Gasteiger partial charge < -0.3 is 19.5 Å². The van der Waals surface area contributed by atoms with Crippen molar-refractivity contribution in [3.63, 3.8) is 0 Å². The van der Waals surface area contributed by atoms with Gasteiger partial charge in [0.2, 0.25) is 5.91 Å². The molecule has 2 rings (SSSR count). The van der Waals surface area contributed by atoms with Crippen molar-refractivity contribution in [1.29, 1.82) is 0 Å². The Kier molecular flexibility index (Phi) is 5.11. The third-order valence-corrected chi connectivity index (χ3v) is 3.36. The largest absolute Gasteiger partial charge is 0.389 e. The van der Waals surface area contributed by atoms with Crippen molar-refractivity contribution in [1.82, 2.24) is 15.0 Å². The minimum Gasteiger partial charge on any atom is -0.389 e. The number of aliphatic hydroxyl groups is 1. The zero-order valence-electron chi connectivity index (χ0n) is 12.6. The topological polar surface area (TPSA) is 97.4 Å². The normalized spacial score (nSPS) is 12.1. The summed E-state index contributed by atoms with van der Waals surface area (Å²) in [6.07, 6.45) is 0.907. The minimum absolute atomic E-state index is 0.0730. The van der Waals surface area contributed by atoms with Crippen LogP contribution < -0.4 is 10.9 Å². The number of pyridine rings is 1. The fraction of sp³-hybridized carbons (Fsp3) is 0.400. The molecule has 7 heteroatoms. The van der Waals surface area contributed by atoms with E-state index in [2.05, 4.69) is 10.5 Å². The summed E-state index contributed by atoms with van der Waals surface area (Å²) >= 11 is 0. The van der Waals surface area contributed by atoms with Crippen LogP contribution in [-0.4, -0.2) is 33.4 Å². The van der Waals surface area contributed by atoms with Gasteiger partial charge in [-0.1, -0.05) is 11.2 Å². The number of aliphatic hydroxyl groups excluding tert-OH is 1. The number of aryl methyl sites for hydroxylation is 2. The summed E-state index contributed by atoms with van der Waals surface area (Å²) in [5, 5.41) is 16.3. The Labute approximate surface area is 127 Å². The average molecular weight is 305 g/mol. The van der Waals surface area contributed by atoms with E-state index in [-0.39, 0.29) is 31.0 Å². The second-order valence-corrected chi connectivity index (χ2v) is 5.13. The van der Waals surface area contributed by atoms with Crippen LogP contribution in [0.15, 0.2) is 33.7 Å². The highest BCUT2D eigenvalue weighted by Crippen LogP contribution is 2.12. The van der Waals surface area contributed by atoms with Crippen LogP contribution in [0.1, 0.15) is 17.0 Å². The van der Waals surface area contributed by atoms with E-state index in [1.54, 1.807) is 32.2 Å². The summed E-state index contributed by atoms with van der Waals surface area (Å²) < 4.78 is 6.39. The molecule has 0 radical (unpaired) electrons. The maximum absolute atomic E-state index is 11.9. The first kappa shape index (κ1) is 16.0. The first-order chi connectivity index (χ1) is 10.5. The number of nitrogens with one attached hydrogen (secondary N) is 1. The quantitative estimate of drug-likeness (QED) is 0.793. The van der Waals surface area contributed by atoms with Crippen LogP contribution in [0.2, 0.25) is 0 Å². The Balaban J connectivity index is 1.84. The smallest absolute Gasteiger partial charge is 0.250 e. The highest BCUT2D eigenvalue weighted by Gasteiger charge is 2.14. The molecule has 0 aliphatic carbocycles. The van der Waals surface area contributed by atoms with Crippen molar-refractivity contribution in [3.8, 4) is 0 Å². The number of nitrogens with zero attached hydrogens (tertiary/aromatic N) is 2. The molecule has 118 valence electrons. The molecule has 0 bridgehead atoms. The highest BCUT2D eigenvalue weighted by atomic mass is 16.5. The van der Waals surface area contributed by atoms with E-state index in [1.165, 1.54) is 10.6 Å². The van der Waals surface area contributed by atoms with Gasteiger partial charge in [0.1, 0.15) is 5.76 Å². The van der Waals surface area contributed by atoms with Gasteiger partial charge in [-0.25, -0.2) is 0 Å². The summed E-state index contributed by atoms with van der Waals surface area (Å²) in [7, 11) is 0. The third-order valence-electron chi connectivity index (χ3n) is 3.36. The van der Waals surface area contributed by atoms with E-state index in [4.69, 9.17) is 4.52 Å². The summed E-state index contributed by atoms with van der Waals surface area (Å²) in [4.78, 5) is 23.4. The van der Waals surface area contributed by atoms with Gasteiger partial charge in [0, 0.05) is 24.4 Å². The molecular weight excluding hydrogens is 286 g/mol. The Morgan fingerprint density at radius 1 is 1.45 bits per heavy atom. The zero-order valence-corrected chi connectivity index (χ0v) is 12.6. The summed E-state index contributed by atoms with van der Waals surface area (Å²) in [5.74, 6) is 0.387. The molecule has 7 nitrogen and oxygen atoms in total. The van der Waals surface area contributed by atoms with Gasteiger partial charge in [-0.2, -0.15) is 0 Å². The second kappa shape index (κ2) is 7.04. The molecule has 22 heavy (non-hydrogen) atoms. The second-order valence-electron chi connectivity index (χ2n) is 5.13. The maximum Gasteiger partial charge on any atom is 0.250 e. The molecule has 0 aliphatic rings. The summed E-state index contributed by atoms with van der Waals surface area (Å²) in [6, 6.07) is 4.77. The van der Waals surface area contributed by atoms with E-state index >= 15 is 0 Å². The van der Waals surface area contributed by atoms with Crippen molar-refractivity contribution >= 4 is 5.91 Å². The van der Waals surface area contributed by atoms with E-state index in [9.17, 15) is 14.7 Å². The Morgan fingerprint density at radius 2 is 2.23 bits per heavy atom. The maximum atomic E-state index is 11.9. The van der Waals surface area contributed by atoms with Crippen LogP contribution in [0.25, 0.3) is 0 Å². The lowest BCUT2D eigenvalue weighted by molar-refractivity contribution is -0.121. The number of amides is 1. The molecule has 1 atom stereocenters. The van der Waals surface area contributed by atoms with Crippen LogP contribution in [-0.2, 0) is 17.8 Å². The van der Waals surface area contributed by atoms with E-state index in [0.29, 0.717) is 11.5 Å². The third kappa shape index (κ3) is 4.05. The van der Waals surface area contributed by atoms with Gasteiger partial charge in [0.25, 0.3) is 5.56 Å². The van der Waals surface area contributed by atoms with Crippen LogP contribution in [0.4, 0.5) is 0 Å². The first-order valence-electron chi connectivity index (χ1n) is 6.99. The van der Waals surface area contributed by atoms with Gasteiger partial charge >= 0.3 is 0 Å². The molecule has 2 aromatic rings.